The minimum absolute atomic E-state index is 0.274. The van der Waals surface area contributed by atoms with E-state index < -0.39 is 10.0 Å². The van der Waals surface area contributed by atoms with Crippen molar-refractivity contribution in [3.63, 3.8) is 0 Å². The normalized spacial score (nSPS) is 23.6. The van der Waals surface area contributed by atoms with Crippen molar-refractivity contribution in [2.75, 3.05) is 0 Å². The number of nitrogens with zero attached hydrogens (tertiary/aromatic N) is 2. The quantitative estimate of drug-likeness (QED) is 0.286. The summed E-state index contributed by atoms with van der Waals surface area (Å²) in [5.74, 6) is 0. The molecule has 1 heterocycles. The number of hydroxylamine groups is 2. The molecule has 1 aromatic rings. The molecule has 5 heteroatoms. The summed E-state index contributed by atoms with van der Waals surface area (Å²) in [5.41, 5.74) is 1.76. The SMILES string of the molecule is Cc1ccc2c(c1)N=C[N+]2([O-])C(=O)Cl. The van der Waals surface area contributed by atoms with Gasteiger partial charge in [-0.3, -0.25) is 0 Å². The molecule has 0 saturated carbocycles. The van der Waals surface area contributed by atoms with Gasteiger partial charge in [-0.05, 0) is 18.6 Å². The molecule has 72 valence electrons. The number of hydrogen-bond donors (Lipinski definition) is 0. The number of carbonyl (C=O) groups excluding carboxylic acids is 1. The Bertz CT molecular complexity index is 444. The first-order valence-corrected chi connectivity index (χ1v) is 4.38. The highest BCUT2D eigenvalue weighted by Crippen LogP contribution is 2.38. The van der Waals surface area contributed by atoms with E-state index in [1.54, 1.807) is 18.2 Å². The number of carbonyl (C=O) groups is 1. The molecule has 0 saturated heterocycles. The number of benzene rings is 1. The van der Waals surface area contributed by atoms with E-state index in [0.29, 0.717) is 5.69 Å². The minimum Gasteiger partial charge on any atom is -0.612 e. The molecule has 1 aliphatic heterocycles. The van der Waals surface area contributed by atoms with Crippen LogP contribution in [0, 0.1) is 12.1 Å². The topological polar surface area (TPSA) is 52.5 Å². The number of hydrogen-bond acceptors (Lipinski definition) is 3. The molecule has 0 fully saturated rings. The smallest absolute Gasteiger partial charge is 0.422 e. The first-order chi connectivity index (χ1) is 6.54. The molecule has 0 N–H and O–H groups in total. The Hall–Kier alpha value is -1.23. The standard InChI is InChI=1S/C9H7ClN2O2/c1-6-2-3-8-7(4-6)11-5-12(8,14)9(10)13/h2-5H,1H3. The average Bonchev–Trinajstić information content (AvgIpc) is 2.45. The lowest BCUT2D eigenvalue weighted by molar-refractivity contribution is 0.251. The number of rotatable bonds is 0. The number of aryl methyl sites for hydroxylation is 1. The fourth-order valence-electron chi connectivity index (χ4n) is 1.36. The van der Waals surface area contributed by atoms with E-state index in [4.69, 9.17) is 11.6 Å². The van der Waals surface area contributed by atoms with Crippen LogP contribution in [0.5, 0.6) is 0 Å². The van der Waals surface area contributed by atoms with Gasteiger partial charge in [0.05, 0.1) is 0 Å². The summed E-state index contributed by atoms with van der Waals surface area (Å²) >= 11 is 5.22. The van der Waals surface area contributed by atoms with Crippen LogP contribution in [0.1, 0.15) is 5.56 Å². The van der Waals surface area contributed by atoms with Crippen LogP contribution in [0.15, 0.2) is 23.2 Å². The Labute approximate surface area is 85.6 Å². The molecular formula is C9H7ClN2O2. The largest absolute Gasteiger partial charge is 0.612 e. The lowest BCUT2D eigenvalue weighted by Gasteiger charge is -2.28. The maximum atomic E-state index is 11.8. The summed E-state index contributed by atoms with van der Waals surface area (Å²) in [7, 11) is 0. The fraction of sp³-hybridized carbons (Fsp3) is 0.111. The van der Waals surface area contributed by atoms with Crippen LogP contribution in [0.2, 0.25) is 0 Å². The molecule has 0 radical (unpaired) electrons. The number of quaternary nitrogens is 1. The fourth-order valence-corrected chi connectivity index (χ4v) is 1.50. The predicted molar refractivity (Wildman–Crippen MR) is 55.7 cm³/mol. The van der Waals surface area contributed by atoms with Gasteiger partial charge in [-0.25, -0.2) is 9.44 Å². The van der Waals surface area contributed by atoms with E-state index in [0.717, 1.165) is 11.9 Å². The highest BCUT2D eigenvalue weighted by Gasteiger charge is 2.34. The van der Waals surface area contributed by atoms with Gasteiger partial charge in [0.1, 0.15) is 5.69 Å². The summed E-state index contributed by atoms with van der Waals surface area (Å²) in [4.78, 5) is 14.8. The molecule has 1 amide bonds. The molecule has 1 unspecified atom stereocenters. The Morgan fingerprint density at radius 1 is 1.57 bits per heavy atom. The van der Waals surface area contributed by atoms with Crippen LogP contribution in [0.4, 0.5) is 16.2 Å². The number of amides is 1. The maximum Gasteiger partial charge on any atom is 0.422 e. The minimum atomic E-state index is -1.31. The van der Waals surface area contributed by atoms with Crippen LogP contribution in [-0.4, -0.2) is 11.7 Å². The maximum absolute atomic E-state index is 11.8. The molecule has 2 rings (SSSR count). The van der Waals surface area contributed by atoms with E-state index in [9.17, 15) is 10.0 Å². The van der Waals surface area contributed by atoms with Crippen LogP contribution in [-0.2, 0) is 0 Å². The third-order valence-electron chi connectivity index (χ3n) is 2.11. The second kappa shape index (κ2) is 2.88. The molecule has 1 aromatic carbocycles. The molecule has 14 heavy (non-hydrogen) atoms. The van der Waals surface area contributed by atoms with Gasteiger partial charge in [0, 0.05) is 17.7 Å². The summed E-state index contributed by atoms with van der Waals surface area (Å²) in [6, 6.07) is 5.06. The van der Waals surface area contributed by atoms with Crippen LogP contribution in [0.25, 0.3) is 0 Å². The van der Waals surface area contributed by atoms with Gasteiger partial charge < -0.3 is 5.21 Å². The van der Waals surface area contributed by atoms with Crippen molar-refractivity contribution in [1.82, 2.24) is 4.65 Å². The molecule has 4 nitrogen and oxygen atoms in total. The Morgan fingerprint density at radius 2 is 2.29 bits per heavy atom. The van der Waals surface area contributed by atoms with Gasteiger partial charge >= 0.3 is 5.37 Å². The molecule has 0 aliphatic carbocycles. The van der Waals surface area contributed by atoms with Crippen LogP contribution < -0.4 is 4.65 Å². The third-order valence-corrected chi connectivity index (χ3v) is 2.36. The van der Waals surface area contributed by atoms with E-state index in [-0.39, 0.29) is 5.69 Å². The van der Waals surface area contributed by atoms with Crippen molar-refractivity contribution in [3.05, 3.63) is 29.0 Å². The third kappa shape index (κ3) is 1.16. The number of halogens is 1. The zero-order valence-corrected chi connectivity index (χ0v) is 8.15. The summed E-state index contributed by atoms with van der Waals surface area (Å²) < 4.78 is -1.31. The monoisotopic (exact) mass is 210 g/mol. The van der Waals surface area contributed by atoms with Crippen molar-refractivity contribution in [2.45, 2.75) is 6.92 Å². The molecule has 1 atom stereocenters. The van der Waals surface area contributed by atoms with Gasteiger partial charge in [0.2, 0.25) is 6.34 Å². The van der Waals surface area contributed by atoms with Crippen LogP contribution >= 0.6 is 11.6 Å². The lowest BCUT2D eigenvalue weighted by atomic mass is 10.2. The van der Waals surface area contributed by atoms with E-state index >= 15 is 0 Å². The molecule has 1 aliphatic rings. The second-order valence-electron chi connectivity index (χ2n) is 3.15. The van der Waals surface area contributed by atoms with Crippen molar-refractivity contribution in [2.24, 2.45) is 4.99 Å². The number of fused-ring (bicyclic) bond motifs is 1. The van der Waals surface area contributed by atoms with Crippen molar-refractivity contribution in [3.8, 4) is 0 Å². The van der Waals surface area contributed by atoms with Crippen molar-refractivity contribution < 1.29 is 4.79 Å². The lowest BCUT2D eigenvalue weighted by Crippen LogP contribution is -2.41. The zero-order chi connectivity index (χ0) is 10.3. The van der Waals surface area contributed by atoms with Crippen molar-refractivity contribution >= 4 is 34.7 Å². The highest BCUT2D eigenvalue weighted by molar-refractivity contribution is 6.66. The van der Waals surface area contributed by atoms with Crippen LogP contribution in [0.3, 0.4) is 0 Å². The molecular weight excluding hydrogens is 204 g/mol. The van der Waals surface area contributed by atoms with E-state index in [2.05, 4.69) is 4.99 Å². The first kappa shape index (κ1) is 9.33. The first-order valence-electron chi connectivity index (χ1n) is 4.00. The Balaban J connectivity index is 2.61. The van der Waals surface area contributed by atoms with E-state index in [1.165, 1.54) is 0 Å². The molecule has 0 bridgehead atoms. The van der Waals surface area contributed by atoms with Gasteiger partial charge in [0.25, 0.3) is 0 Å². The average molecular weight is 211 g/mol. The number of aliphatic imine (C=N–C) groups is 1. The molecule has 0 spiro atoms. The van der Waals surface area contributed by atoms with Gasteiger partial charge in [-0.15, -0.1) is 0 Å². The molecule has 0 aromatic heterocycles. The summed E-state index contributed by atoms with van der Waals surface area (Å²) in [5, 5.41) is 10.8. The predicted octanol–water partition coefficient (Wildman–Crippen LogP) is 2.83. The van der Waals surface area contributed by atoms with Gasteiger partial charge in [-0.1, -0.05) is 6.07 Å². The zero-order valence-electron chi connectivity index (χ0n) is 7.40. The van der Waals surface area contributed by atoms with Crippen molar-refractivity contribution in [1.29, 1.82) is 0 Å². The van der Waals surface area contributed by atoms with Gasteiger partial charge in [-0.2, -0.15) is 4.99 Å². The highest BCUT2D eigenvalue weighted by atomic mass is 35.5. The summed E-state index contributed by atoms with van der Waals surface area (Å²) in [6.45, 7) is 1.89. The summed E-state index contributed by atoms with van der Waals surface area (Å²) in [6.07, 6.45) is 0.999. The Kier molecular flexibility index (Phi) is 1.92. The second-order valence-corrected chi connectivity index (χ2v) is 3.47. The van der Waals surface area contributed by atoms with Gasteiger partial charge in [0.15, 0.2) is 5.69 Å². The van der Waals surface area contributed by atoms with E-state index in [1.807, 2.05) is 6.92 Å². The Morgan fingerprint density at radius 3 is 2.93 bits per heavy atom.